The van der Waals surface area contributed by atoms with Gasteiger partial charge in [0.25, 0.3) is 5.91 Å². The third kappa shape index (κ3) is 6.46. The third-order valence-electron chi connectivity index (χ3n) is 3.65. The Morgan fingerprint density at radius 3 is 2.28 bits per heavy atom. The third-order valence-corrected chi connectivity index (χ3v) is 3.65. The van der Waals surface area contributed by atoms with Crippen LogP contribution >= 0.6 is 0 Å². The lowest BCUT2D eigenvalue weighted by Gasteiger charge is -2.18. The number of para-hydroxylation sites is 2. The zero-order chi connectivity index (χ0) is 21.4. The Morgan fingerprint density at radius 2 is 1.66 bits per heavy atom. The summed E-state index contributed by atoms with van der Waals surface area (Å²) in [7, 11) is 0. The summed E-state index contributed by atoms with van der Waals surface area (Å²) < 4.78 is 39.7. The molecular formula is C20H18F2N2O5. The number of hydrogen-bond acceptors (Lipinski definition) is 6. The van der Waals surface area contributed by atoms with Crippen LogP contribution in [0.15, 0.2) is 48.5 Å². The smallest absolute Gasteiger partial charge is 0.387 e. The Bertz CT molecular complexity index is 896. The zero-order valence-electron chi connectivity index (χ0n) is 15.6. The van der Waals surface area contributed by atoms with E-state index in [0.717, 1.165) is 0 Å². The number of nitriles is 1. The molecule has 0 aliphatic heterocycles. The second-order valence-electron chi connectivity index (χ2n) is 5.84. The average molecular weight is 404 g/mol. The molecular weight excluding hydrogens is 386 g/mol. The molecule has 152 valence electrons. The van der Waals surface area contributed by atoms with E-state index in [1.165, 1.54) is 62.4 Å². The number of nitrogens with zero attached hydrogens (tertiary/aromatic N) is 1. The van der Waals surface area contributed by atoms with Crippen LogP contribution in [-0.2, 0) is 14.3 Å². The van der Waals surface area contributed by atoms with E-state index in [-0.39, 0.29) is 11.4 Å². The molecule has 2 aromatic carbocycles. The Morgan fingerprint density at radius 1 is 1.00 bits per heavy atom. The largest absolute Gasteiger partial charge is 0.479 e. The van der Waals surface area contributed by atoms with E-state index in [1.54, 1.807) is 0 Å². The van der Waals surface area contributed by atoms with E-state index in [4.69, 9.17) is 14.7 Å². The number of carbonyl (C=O) groups excluding carboxylic acids is 2. The highest BCUT2D eigenvalue weighted by Crippen LogP contribution is 2.25. The van der Waals surface area contributed by atoms with Crippen LogP contribution in [0.1, 0.15) is 19.4 Å². The highest BCUT2D eigenvalue weighted by molar-refractivity contribution is 5.96. The van der Waals surface area contributed by atoms with Crippen molar-refractivity contribution in [2.75, 3.05) is 5.32 Å². The Hall–Kier alpha value is -3.67. The van der Waals surface area contributed by atoms with Crippen LogP contribution in [-0.4, -0.2) is 30.7 Å². The number of anilines is 1. The van der Waals surface area contributed by atoms with E-state index in [0.29, 0.717) is 11.3 Å². The molecule has 1 N–H and O–H groups in total. The summed E-state index contributed by atoms with van der Waals surface area (Å²) >= 11 is 0. The summed E-state index contributed by atoms with van der Waals surface area (Å²) in [5.41, 5.74) is 0.455. The lowest BCUT2D eigenvalue weighted by Crippen LogP contribution is -2.35. The number of halogens is 2. The van der Waals surface area contributed by atoms with Gasteiger partial charge in [-0.2, -0.15) is 14.0 Å². The highest BCUT2D eigenvalue weighted by Gasteiger charge is 2.24. The minimum atomic E-state index is -3.05. The second kappa shape index (κ2) is 10.0. The van der Waals surface area contributed by atoms with Crippen LogP contribution in [0.3, 0.4) is 0 Å². The molecule has 0 saturated heterocycles. The molecule has 0 saturated carbocycles. The van der Waals surface area contributed by atoms with E-state index >= 15 is 0 Å². The molecule has 29 heavy (non-hydrogen) atoms. The van der Waals surface area contributed by atoms with Crippen molar-refractivity contribution in [3.8, 4) is 17.6 Å². The first-order valence-corrected chi connectivity index (χ1v) is 8.52. The van der Waals surface area contributed by atoms with E-state index < -0.39 is 30.7 Å². The highest BCUT2D eigenvalue weighted by atomic mass is 19.3. The van der Waals surface area contributed by atoms with Crippen molar-refractivity contribution in [3.05, 3.63) is 54.1 Å². The van der Waals surface area contributed by atoms with Crippen LogP contribution in [0, 0.1) is 11.3 Å². The minimum Gasteiger partial charge on any atom is -0.479 e. The van der Waals surface area contributed by atoms with Gasteiger partial charge in [-0.25, -0.2) is 4.79 Å². The minimum absolute atomic E-state index is 0.0163. The monoisotopic (exact) mass is 404 g/mol. The molecule has 0 aliphatic rings. The van der Waals surface area contributed by atoms with Crippen molar-refractivity contribution >= 4 is 17.6 Å². The Balaban J connectivity index is 1.93. The fourth-order valence-electron chi connectivity index (χ4n) is 2.19. The van der Waals surface area contributed by atoms with Gasteiger partial charge >= 0.3 is 12.6 Å². The number of ether oxygens (including phenoxy) is 3. The van der Waals surface area contributed by atoms with Crippen molar-refractivity contribution in [2.24, 2.45) is 0 Å². The lowest BCUT2D eigenvalue weighted by molar-refractivity contribution is -0.159. The van der Waals surface area contributed by atoms with E-state index in [1.807, 2.05) is 6.07 Å². The summed E-state index contributed by atoms with van der Waals surface area (Å²) in [6.45, 7) is -0.279. The molecule has 2 atom stereocenters. The number of rotatable bonds is 8. The van der Waals surface area contributed by atoms with Crippen molar-refractivity contribution in [1.82, 2.24) is 0 Å². The molecule has 7 nitrogen and oxygen atoms in total. The maximum Gasteiger partial charge on any atom is 0.387 e. The van der Waals surface area contributed by atoms with Crippen molar-refractivity contribution in [1.29, 1.82) is 5.26 Å². The zero-order valence-corrected chi connectivity index (χ0v) is 15.6. The van der Waals surface area contributed by atoms with Gasteiger partial charge in [0.2, 0.25) is 0 Å². The molecule has 0 aromatic heterocycles. The van der Waals surface area contributed by atoms with Crippen LogP contribution in [0.5, 0.6) is 11.5 Å². The van der Waals surface area contributed by atoms with Gasteiger partial charge in [-0.15, -0.1) is 0 Å². The standard InChI is InChI=1S/C20H18F2N2O5/c1-12(18(25)24-16-5-3-4-6-17(16)29-20(21)22)28-19(26)13(2)27-15-9-7-14(11-23)8-10-15/h3-10,12-13,20H,1-2H3,(H,24,25)/t12-,13+/m0/s1. The summed E-state index contributed by atoms with van der Waals surface area (Å²) in [6, 6.07) is 13.7. The number of benzene rings is 2. The topological polar surface area (TPSA) is 97.7 Å². The molecule has 0 bridgehead atoms. The fraction of sp³-hybridized carbons (Fsp3) is 0.250. The van der Waals surface area contributed by atoms with Crippen molar-refractivity contribution in [2.45, 2.75) is 32.7 Å². The molecule has 9 heteroatoms. The van der Waals surface area contributed by atoms with E-state index in [2.05, 4.69) is 10.1 Å². The van der Waals surface area contributed by atoms with Gasteiger partial charge in [0.15, 0.2) is 12.2 Å². The summed E-state index contributed by atoms with van der Waals surface area (Å²) in [6.07, 6.45) is -2.23. The van der Waals surface area contributed by atoms with Gasteiger partial charge in [0, 0.05) is 0 Å². The lowest BCUT2D eigenvalue weighted by atomic mass is 10.2. The Kier molecular flexibility index (Phi) is 7.48. The second-order valence-corrected chi connectivity index (χ2v) is 5.84. The molecule has 0 fully saturated rings. The maximum atomic E-state index is 12.4. The number of esters is 1. The quantitative estimate of drug-likeness (QED) is 0.677. The number of nitrogens with one attached hydrogen (secondary N) is 1. The summed E-state index contributed by atoms with van der Waals surface area (Å²) in [5, 5.41) is 11.1. The predicted octanol–water partition coefficient (Wildman–Crippen LogP) is 3.50. The van der Waals surface area contributed by atoms with Crippen LogP contribution in [0.25, 0.3) is 0 Å². The number of carbonyl (C=O) groups is 2. The van der Waals surface area contributed by atoms with Crippen LogP contribution in [0.2, 0.25) is 0 Å². The van der Waals surface area contributed by atoms with Gasteiger partial charge in [-0.3, -0.25) is 4.79 Å². The van der Waals surface area contributed by atoms with Gasteiger partial charge < -0.3 is 19.5 Å². The molecule has 2 rings (SSSR count). The molecule has 0 radical (unpaired) electrons. The molecule has 0 heterocycles. The Labute approximate surface area is 165 Å². The number of alkyl halides is 2. The molecule has 0 aliphatic carbocycles. The number of hydrogen-bond donors (Lipinski definition) is 1. The van der Waals surface area contributed by atoms with E-state index in [9.17, 15) is 18.4 Å². The summed E-state index contributed by atoms with van der Waals surface area (Å²) in [5.74, 6) is -1.39. The molecule has 0 unspecified atom stereocenters. The van der Waals surface area contributed by atoms with Gasteiger partial charge in [0.1, 0.15) is 11.5 Å². The predicted molar refractivity (Wildman–Crippen MR) is 98.5 cm³/mol. The molecule has 0 spiro atoms. The summed E-state index contributed by atoms with van der Waals surface area (Å²) in [4.78, 5) is 24.4. The normalized spacial score (nSPS) is 12.4. The average Bonchev–Trinajstić information content (AvgIpc) is 2.69. The van der Waals surface area contributed by atoms with Crippen molar-refractivity contribution in [3.63, 3.8) is 0 Å². The first kappa shape index (κ1) is 21.6. The number of amides is 1. The SMILES string of the molecule is C[C@H](OC(=O)[C@@H](C)Oc1ccc(C#N)cc1)C(=O)Nc1ccccc1OC(F)F. The first-order valence-electron chi connectivity index (χ1n) is 8.52. The van der Waals surface area contributed by atoms with Gasteiger partial charge in [-0.05, 0) is 50.2 Å². The maximum absolute atomic E-state index is 12.4. The van der Waals surface area contributed by atoms with Crippen LogP contribution in [0.4, 0.5) is 14.5 Å². The van der Waals surface area contributed by atoms with Gasteiger partial charge in [0.05, 0.1) is 17.3 Å². The van der Waals surface area contributed by atoms with Gasteiger partial charge in [-0.1, -0.05) is 12.1 Å². The molecule has 1 amide bonds. The fourth-order valence-corrected chi connectivity index (χ4v) is 2.19. The molecule has 2 aromatic rings. The van der Waals surface area contributed by atoms with Crippen LogP contribution < -0.4 is 14.8 Å². The van der Waals surface area contributed by atoms with Crippen molar-refractivity contribution < 1.29 is 32.6 Å². The first-order chi connectivity index (χ1) is 13.8.